The highest BCUT2D eigenvalue weighted by Gasteiger charge is 2.31. The van der Waals surface area contributed by atoms with Crippen molar-refractivity contribution in [2.24, 2.45) is 0 Å². The number of halogens is 3. The van der Waals surface area contributed by atoms with Crippen molar-refractivity contribution >= 4 is 17.6 Å². The van der Waals surface area contributed by atoms with Gasteiger partial charge in [-0.1, -0.05) is 6.07 Å². The van der Waals surface area contributed by atoms with Crippen LogP contribution in [0.25, 0.3) is 0 Å². The number of carboxylic acids is 2. The molecule has 20 heavy (non-hydrogen) atoms. The van der Waals surface area contributed by atoms with Crippen molar-refractivity contribution in [3.05, 3.63) is 29.3 Å². The number of carbonyl (C=O) groups is 2. The van der Waals surface area contributed by atoms with E-state index in [1.165, 1.54) is 13.0 Å². The van der Waals surface area contributed by atoms with Crippen LogP contribution in [0.5, 0.6) is 0 Å². The van der Waals surface area contributed by atoms with Crippen LogP contribution >= 0.6 is 0 Å². The molecule has 0 unspecified atom stereocenters. The number of alkyl halides is 3. The van der Waals surface area contributed by atoms with Crippen molar-refractivity contribution in [3.8, 4) is 0 Å². The van der Waals surface area contributed by atoms with E-state index in [2.05, 4.69) is 0 Å². The van der Waals surface area contributed by atoms with Gasteiger partial charge in [0.15, 0.2) is 0 Å². The Kier molecular flexibility index (Phi) is 4.59. The highest BCUT2D eigenvalue weighted by Crippen LogP contribution is 2.33. The third kappa shape index (κ3) is 4.15. The first kappa shape index (κ1) is 15.8. The summed E-state index contributed by atoms with van der Waals surface area (Å²) in [6.07, 6.45) is -4.58. The molecule has 5 nitrogen and oxygen atoms in total. The van der Waals surface area contributed by atoms with E-state index in [1.807, 2.05) is 0 Å². The van der Waals surface area contributed by atoms with Crippen LogP contribution in [0.3, 0.4) is 0 Å². The fourth-order valence-corrected chi connectivity index (χ4v) is 1.68. The van der Waals surface area contributed by atoms with Gasteiger partial charge in [-0.2, -0.15) is 13.2 Å². The predicted molar refractivity (Wildman–Crippen MR) is 63.7 cm³/mol. The number of benzene rings is 1. The Morgan fingerprint density at radius 1 is 1.15 bits per heavy atom. The number of carboxylic acid groups (broad SMARTS) is 2. The SMILES string of the molecule is Cc1ccc(C(F)(F)F)cc1N(CC(=O)O)CC(=O)O. The molecular weight excluding hydrogens is 279 g/mol. The van der Waals surface area contributed by atoms with Gasteiger partial charge in [-0.05, 0) is 24.6 Å². The van der Waals surface area contributed by atoms with Crippen molar-refractivity contribution in [1.82, 2.24) is 0 Å². The zero-order valence-electron chi connectivity index (χ0n) is 10.4. The second-order valence-electron chi connectivity index (χ2n) is 4.14. The lowest BCUT2D eigenvalue weighted by molar-refractivity contribution is -0.138. The van der Waals surface area contributed by atoms with E-state index in [1.54, 1.807) is 0 Å². The zero-order chi connectivity index (χ0) is 15.5. The van der Waals surface area contributed by atoms with Crippen molar-refractivity contribution < 1.29 is 33.0 Å². The number of rotatable bonds is 5. The standard InChI is InChI=1S/C12H12F3NO4/c1-7-2-3-8(12(13,14)15)4-9(7)16(5-10(17)18)6-11(19)20/h2-4H,5-6H2,1H3,(H,17,18)(H,19,20). The molecule has 0 heterocycles. The lowest BCUT2D eigenvalue weighted by Crippen LogP contribution is -2.35. The van der Waals surface area contributed by atoms with Gasteiger partial charge in [-0.25, -0.2) is 0 Å². The van der Waals surface area contributed by atoms with E-state index in [9.17, 15) is 22.8 Å². The lowest BCUT2D eigenvalue weighted by Gasteiger charge is -2.23. The van der Waals surface area contributed by atoms with Crippen molar-refractivity contribution in [2.45, 2.75) is 13.1 Å². The fraction of sp³-hybridized carbons (Fsp3) is 0.333. The maximum Gasteiger partial charge on any atom is 0.416 e. The average molecular weight is 291 g/mol. The third-order valence-electron chi connectivity index (χ3n) is 2.53. The second-order valence-corrected chi connectivity index (χ2v) is 4.14. The Balaban J connectivity index is 3.23. The van der Waals surface area contributed by atoms with Gasteiger partial charge < -0.3 is 15.1 Å². The number of hydrogen-bond acceptors (Lipinski definition) is 3. The molecule has 2 N–H and O–H groups in total. The summed E-state index contributed by atoms with van der Waals surface area (Å²) in [4.78, 5) is 22.3. The molecule has 0 aliphatic heterocycles. The summed E-state index contributed by atoms with van der Waals surface area (Å²) >= 11 is 0. The number of aliphatic carboxylic acids is 2. The fourth-order valence-electron chi connectivity index (χ4n) is 1.68. The van der Waals surface area contributed by atoms with E-state index in [0.29, 0.717) is 5.56 Å². The first-order valence-corrected chi connectivity index (χ1v) is 5.47. The van der Waals surface area contributed by atoms with Crippen molar-refractivity contribution in [2.75, 3.05) is 18.0 Å². The molecule has 8 heteroatoms. The number of hydrogen-bond donors (Lipinski definition) is 2. The van der Waals surface area contributed by atoms with Crippen molar-refractivity contribution in [1.29, 1.82) is 0 Å². The van der Waals surface area contributed by atoms with Gasteiger partial charge in [-0.3, -0.25) is 9.59 Å². The Hall–Kier alpha value is -2.25. The van der Waals surface area contributed by atoms with Crippen LogP contribution in [-0.4, -0.2) is 35.2 Å². The first-order chi connectivity index (χ1) is 9.11. The Labute approximate surface area is 112 Å². The minimum atomic E-state index is -4.58. The summed E-state index contributed by atoms with van der Waals surface area (Å²) in [5.41, 5.74) is -0.663. The minimum absolute atomic E-state index is 0.0652. The van der Waals surface area contributed by atoms with Gasteiger partial charge >= 0.3 is 18.1 Å². The molecule has 0 radical (unpaired) electrons. The highest BCUT2D eigenvalue weighted by atomic mass is 19.4. The second kappa shape index (κ2) is 5.81. The molecule has 0 aromatic heterocycles. The smallest absolute Gasteiger partial charge is 0.416 e. The molecule has 110 valence electrons. The maximum absolute atomic E-state index is 12.6. The molecule has 1 aromatic carbocycles. The van der Waals surface area contributed by atoms with Crippen LogP contribution in [-0.2, 0) is 15.8 Å². The van der Waals surface area contributed by atoms with E-state index in [0.717, 1.165) is 17.0 Å². The summed E-state index contributed by atoms with van der Waals surface area (Å²) in [5.74, 6) is -2.66. The molecule has 0 amide bonds. The van der Waals surface area contributed by atoms with Gasteiger partial charge in [0.25, 0.3) is 0 Å². The van der Waals surface area contributed by atoms with Gasteiger partial charge in [0, 0.05) is 5.69 Å². The van der Waals surface area contributed by atoms with Crippen LogP contribution in [0, 0.1) is 6.92 Å². The third-order valence-corrected chi connectivity index (χ3v) is 2.53. The topological polar surface area (TPSA) is 77.8 Å². The Morgan fingerprint density at radius 2 is 1.65 bits per heavy atom. The molecule has 0 bridgehead atoms. The summed E-state index contributed by atoms with van der Waals surface area (Å²) in [5, 5.41) is 17.4. The van der Waals surface area contributed by atoms with Crippen LogP contribution < -0.4 is 4.90 Å². The molecule has 0 aliphatic carbocycles. The van der Waals surface area contributed by atoms with Gasteiger partial charge in [-0.15, -0.1) is 0 Å². The Bertz CT molecular complexity index is 512. The summed E-state index contributed by atoms with van der Waals surface area (Å²) < 4.78 is 37.9. The molecular formula is C12H12F3NO4. The Morgan fingerprint density at radius 3 is 2.05 bits per heavy atom. The lowest BCUT2D eigenvalue weighted by atomic mass is 10.1. The molecule has 0 aliphatic rings. The van der Waals surface area contributed by atoms with E-state index < -0.39 is 36.8 Å². The molecule has 1 aromatic rings. The number of aryl methyl sites for hydroxylation is 1. The molecule has 1 rings (SSSR count). The molecule has 0 spiro atoms. The van der Waals surface area contributed by atoms with Gasteiger partial charge in [0.1, 0.15) is 13.1 Å². The van der Waals surface area contributed by atoms with Gasteiger partial charge in [0.2, 0.25) is 0 Å². The first-order valence-electron chi connectivity index (χ1n) is 5.47. The van der Waals surface area contributed by atoms with E-state index >= 15 is 0 Å². The average Bonchev–Trinajstić information content (AvgIpc) is 2.25. The van der Waals surface area contributed by atoms with Crippen LogP contribution in [0.15, 0.2) is 18.2 Å². The predicted octanol–water partition coefficient (Wildman–Crippen LogP) is 1.99. The number of nitrogens with zero attached hydrogens (tertiary/aromatic N) is 1. The molecule has 0 saturated heterocycles. The maximum atomic E-state index is 12.6. The zero-order valence-corrected chi connectivity index (χ0v) is 10.4. The van der Waals surface area contributed by atoms with Crippen LogP contribution in [0.4, 0.5) is 18.9 Å². The van der Waals surface area contributed by atoms with Gasteiger partial charge in [0.05, 0.1) is 5.56 Å². The largest absolute Gasteiger partial charge is 0.480 e. The highest BCUT2D eigenvalue weighted by molar-refractivity contribution is 5.80. The van der Waals surface area contributed by atoms with Crippen LogP contribution in [0.1, 0.15) is 11.1 Å². The summed E-state index contributed by atoms with van der Waals surface area (Å²) in [6, 6.07) is 2.79. The molecule has 0 saturated carbocycles. The van der Waals surface area contributed by atoms with E-state index in [-0.39, 0.29) is 5.69 Å². The summed E-state index contributed by atoms with van der Waals surface area (Å²) in [7, 11) is 0. The van der Waals surface area contributed by atoms with Crippen molar-refractivity contribution in [3.63, 3.8) is 0 Å². The quantitative estimate of drug-likeness (QED) is 0.867. The summed E-state index contributed by atoms with van der Waals surface area (Å²) in [6.45, 7) is 0.0785. The minimum Gasteiger partial charge on any atom is -0.480 e. The molecule has 0 fully saturated rings. The monoisotopic (exact) mass is 291 g/mol. The van der Waals surface area contributed by atoms with E-state index in [4.69, 9.17) is 10.2 Å². The molecule has 0 atom stereocenters. The van der Waals surface area contributed by atoms with Crippen LogP contribution in [0.2, 0.25) is 0 Å². The normalized spacial score (nSPS) is 11.2. The number of anilines is 1.